The highest BCUT2D eigenvalue weighted by Crippen LogP contribution is 2.43. The van der Waals surface area contributed by atoms with Gasteiger partial charge in [-0.1, -0.05) is 40.2 Å². The first-order chi connectivity index (χ1) is 17.0. The Labute approximate surface area is 217 Å². The third-order valence-corrected chi connectivity index (χ3v) is 7.24. The number of methoxy groups -OCH3 is 1. The second-order valence-electron chi connectivity index (χ2n) is 8.17. The van der Waals surface area contributed by atoms with E-state index in [2.05, 4.69) is 37.2 Å². The Morgan fingerprint density at radius 1 is 1.11 bits per heavy atom. The average molecular weight is 548 g/mol. The van der Waals surface area contributed by atoms with Gasteiger partial charge in [0.2, 0.25) is 0 Å². The van der Waals surface area contributed by atoms with E-state index in [-0.39, 0.29) is 12.1 Å². The summed E-state index contributed by atoms with van der Waals surface area (Å²) in [7, 11) is 1.37. The lowest BCUT2D eigenvalue weighted by Gasteiger charge is -2.26. The Morgan fingerprint density at radius 3 is 2.66 bits per heavy atom. The molecule has 6 nitrogen and oxygen atoms in total. The summed E-state index contributed by atoms with van der Waals surface area (Å²) in [6, 6.07) is 22.4. The fourth-order valence-corrected chi connectivity index (χ4v) is 4.94. The number of nitrogens with zero attached hydrogens (tertiary/aromatic N) is 2. The Hall–Kier alpha value is -3.49. The molecule has 4 aromatic rings. The van der Waals surface area contributed by atoms with Gasteiger partial charge in [-0.15, -0.1) is 0 Å². The van der Waals surface area contributed by atoms with Crippen LogP contribution in [0.2, 0.25) is 0 Å². The number of aryl methyl sites for hydroxylation is 1. The minimum atomic E-state index is -0.416. The summed E-state index contributed by atoms with van der Waals surface area (Å²) < 4.78 is 12.4. The number of hydrogen-bond acceptors (Lipinski definition) is 5. The van der Waals surface area contributed by atoms with Crippen LogP contribution in [0.15, 0.2) is 87.9 Å². The van der Waals surface area contributed by atoms with Crippen LogP contribution in [-0.2, 0) is 4.74 Å². The number of ether oxygens (including phenoxy) is 1. The molecule has 0 radical (unpaired) electrons. The van der Waals surface area contributed by atoms with Crippen LogP contribution in [0.3, 0.4) is 0 Å². The molecule has 0 bridgehead atoms. The van der Waals surface area contributed by atoms with Crippen LogP contribution in [0.4, 0.5) is 5.69 Å². The summed E-state index contributed by atoms with van der Waals surface area (Å²) in [4.78, 5) is 19.0. The van der Waals surface area contributed by atoms with Crippen molar-refractivity contribution in [2.24, 2.45) is 0 Å². The average Bonchev–Trinajstić information content (AvgIpc) is 3.50. The van der Waals surface area contributed by atoms with E-state index in [1.807, 2.05) is 61.5 Å². The minimum absolute atomic E-state index is 0.234. The zero-order chi connectivity index (χ0) is 24.5. The molecule has 1 aliphatic heterocycles. The highest BCUT2D eigenvalue weighted by atomic mass is 79.9. The molecule has 5 rings (SSSR count). The molecule has 3 heterocycles. The Balaban J connectivity index is 1.62. The van der Waals surface area contributed by atoms with Crippen LogP contribution in [0.25, 0.3) is 11.3 Å². The molecular formula is C27H22BrN3O3S. The molecule has 2 atom stereocenters. The van der Waals surface area contributed by atoms with E-state index in [1.165, 1.54) is 7.11 Å². The Kier molecular flexibility index (Phi) is 6.40. The van der Waals surface area contributed by atoms with Crippen LogP contribution in [0.1, 0.15) is 39.5 Å². The van der Waals surface area contributed by atoms with Crippen LogP contribution in [0.5, 0.6) is 0 Å². The lowest BCUT2D eigenvalue weighted by atomic mass is 10.0. The monoisotopic (exact) mass is 547 g/mol. The van der Waals surface area contributed by atoms with Crippen molar-refractivity contribution in [3.63, 3.8) is 0 Å². The molecular weight excluding hydrogens is 526 g/mol. The first-order valence-corrected chi connectivity index (χ1v) is 12.2. The second kappa shape index (κ2) is 9.64. The van der Waals surface area contributed by atoms with Crippen molar-refractivity contribution in [1.29, 1.82) is 0 Å². The summed E-state index contributed by atoms with van der Waals surface area (Å²) in [5.74, 6) is 0.856. The molecule has 2 aromatic carbocycles. The molecule has 1 aliphatic rings. The van der Waals surface area contributed by atoms with Crippen molar-refractivity contribution < 1.29 is 13.9 Å². The number of hydrogen-bond donors (Lipinski definition) is 1. The fraction of sp³-hybridized carbons (Fsp3) is 0.148. The number of thiocarbonyl (C=S) groups is 1. The van der Waals surface area contributed by atoms with Gasteiger partial charge in [-0.25, -0.2) is 4.79 Å². The first-order valence-electron chi connectivity index (χ1n) is 11.0. The summed E-state index contributed by atoms with van der Waals surface area (Å²) in [5.41, 5.74) is 4.00. The summed E-state index contributed by atoms with van der Waals surface area (Å²) in [5, 5.41) is 4.02. The standard InChI is InChI=1S/C27H22BrN3O3S/c1-16-15-17(10-11-20(16)28)31-25(24(30-27(31)35)21-9-5-6-14-29-21)23-13-12-22(34-23)18-7-3-4-8-19(18)26(32)33-2/h3-15,24-25H,1-2H3,(H,30,35)/t24-,25+/m1/s1. The summed E-state index contributed by atoms with van der Waals surface area (Å²) >= 11 is 9.38. The maximum absolute atomic E-state index is 12.3. The van der Waals surface area contributed by atoms with Crippen molar-refractivity contribution in [2.75, 3.05) is 12.0 Å². The van der Waals surface area contributed by atoms with Gasteiger partial charge >= 0.3 is 5.97 Å². The number of halogens is 1. The van der Waals surface area contributed by atoms with Gasteiger partial charge in [-0.05, 0) is 73.2 Å². The van der Waals surface area contributed by atoms with Gasteiger partial charge in [-0.2, -0.15) is 0 Å². The molecule has 0 aliphatic carbocycles. The summed E-state index contributed by atoms with van der Waals surface area (Å²) in [6.45, 7) is 2.04. The Morgan fingerprint density at radius 2 is 1.91 bits per heavy atom. The lowest BCUT2D eigenvalue weighted by Crippen LogP contribution is -2.29. The highest BCUT2D eigenvalue weighted by molar-refractivity contribution is 9.10. The second-order valence-corrected chi connectivity index (χ2v) is 9.41. The van der Waals surface area contributed by atoms with Gasteiger partial charge in [0.05, 0.1) is 24.4 Å². The number of rotatable bonds is 5. The Bertz CT molecular complexity index is 1410. The van der Waals surface area contributed by atoms with E-state index in [1.54, 1.807) is 18.3 Å². The largest absolute Gasteiger partial charge is 0.465 e. The predicted molar refractivity (Wildman–Crippen MR) is 142 cm³/mol. The van der Waals surface area contributed by atoms with Crippen molar-refractivity contribution in [2.45, 2.75) is 19.0 Å². The van der Waals surface area contributed by atoms with Gasteiger partial charge in [0, 0.05) is 21.9 Å². The third-order valence-electron chi connectivity index (χ3n) is 6.03. The molecule has 8 heteroatoms. The van der Waals surface area contributed by atoms with Gasteiger partial charge in [-0.3, -0.25) is 4.98 Å². The van der Waals surface area contributed by atoms with Gasteiger partial charge in [0.15, 0.2) is 5.11 Å². The highest BCUT2D eigenvalue weighted by Gasteiger charge is 2.42. The molecule has 176 valence electrons. The normalized spacial score (nSPS) is 17.3. The fourth-order valence-electron chi connectivity index (χ4n) is 4.34. The number of benzene rings is 2. The molecule has 0 saturated carbocycles. The number of esters is 1. The smallest absolute Gasteiger partial charge is 0.338 e. The molecule has 1 saturated heterocycles. The van der Waals surface area contributed by atoms with Gasteiger partial charge < -0.3 is 19.4 Å². The van der Waals surface area contributed by atoms with Crippen molar-refractivity contribution >= 4 is 44.9 Å². The van der Waals surface area contributed by atoms with Crippen LogP contribution < -0.4 is 10.2 Å². The number of carbonyl (C=O) groups excluding carboxylic acids is 1. The lowest BCUT2D eigenvalue weighted by molar-refractivity contribution is 0.0601. The number of nitrogens with one attached hydrogen (secondary N) is 1. The molecule has 1 N–H and O–H groups in total. The number of pyridine rings is 1. The number of aromatic nitrogens is 1. The molecule has 1 fully saturated rings. The van der Waals surface area contributed by atoms with E-state index in [0.29, 0.717) is 27.8 Å². The van der Waals surface area contributed by atoms with Gasteiger partial charge in [0.1, 0.15) is 17.6 Å². The molecule has 0 unspecified atom stereocenters. The van der Waals surface area contributed by atoms with Gasteiger partial charge in [0.25, 0.3) is 0 Å². The third kappa shape index (κ3) is 4.35. The van der Waals surface area contributed by atoms with E-state index in [4.69, 9.17) is 21.4 Å². The molecule has 0 amide bonds. The molecule has 0 spiro atoms. The minimum Gasteiger partial charge on any atom is -0.465 e. The van der Waals surface area contributed by atoms with Crippen LogP contribution in [0, 0.1) is 6.92 Å². The zero-order valence-corrected chi connectivity index (χ0v) is 21.5. The van der Waals surface area contributed by atoms with Crippen LogP contribution >= 0.6 is 28.1 Å². The molecule has 35 heavy (non-hydrogen) atoms. The van der Waals surface area contributed by atoms with E-state index >= 15 is 0 Å². The van der Waals surface area contributed by atoms with Crippen LogP contribution in [-0.4, -0.2) is 23.2 Å². The van der Waals surface area contributed by atoms with E-state index < -0.39 is 5.97 Å². The maximum Gasteiger partial charge on any atom is 0.338 e. The first kappa shape index (κ1) is 23.3. The van der Waals surface area contributed by atoms with Crippen molar-refractivity contribution in [1.82, 2.24) is 10.3 Å². The maximum atomic E-state index is 12.3. The van der Waals surface area contributed by atoms with E-state index in [9.17, 15) is 4.79 Å². The SMILES string of the molecule is COC(=O)c1ccccc1-c1ccc([C@H]2[C@@H](c3ccccn3)NC(=S)N2c2ccc(Br)c(C)c2)o1. The number of carbonyl (C=O) groups is 1. The number of furan rings is 1. The van der Waals surface area contributed by atoms with Crippen molar-refractivity contribution in [3.05, 3.63) is 106 Å². The molecule has 2 aromatic heterocycles. The quantitative estimate of drug-likeness (QED) is 0.230. The predicted octanol–water partition coefficient (Wildman–Crippen LogP) is 6.38. The van der Waals surface area contributed by atoms with E-state index in [0.717, 1.165) is 21.4 Å². The topological polar surface area (TPSA) is 67.6 Å². The zero-order valence-electron chi connectivity index (χ0n) is 19.1. The number of anilines is 1. The summed E-state index contributed by atoms with van der Waals surface area (Å²) in [6.07, 6.45) is 1.77. The van der Waals surface area contributed by atoms with Crippen molar-refractivity contribution in [3.8, 4) is 11.3 Å².